The molecule has 1 aromatic heterocycles. The maximum Gasteiger partial charge on any atom is 0.272 e. The lowest BCUT2D eigenvalue weighted by atomic mass is 9.94. The molecule has 1 aromatic rings. The summed E-state index contributed by atoms with van der Waals surface area (Å²) in [6, 6.07) is 3.50. The molecule has 0 saturated carbocycles. The average molecular weight is 249 g/mol. The summed E-state index contributed by atoms with van der Waals surface area (Å²) in [5.41, 5.74) is 6.24. The molecule has 1 saturated heterocycles. The highest BCUT2D eigenvalue weighted by Crippen LogP contribution is 2.24. The summed E-state index contributed by atoms with van der Waals surface area (Å²) < 4.78 is 5.61. The number of nitrogens with zero attached hydrogens (tertiary/aromatic N) is 1. The van der Waals surface area contributed by atoms with Crippen molar-refractivity contribution in [1.82, 2.24) is 10.3 Å². The van der Waals surface area contributed by atoms with Crippen LogP contribution < -0.4 is 11.1 Å². The summed E-state index contributed by atoms with van der Waals surface area (Å²) in [5, 5.41) is 2.97. The van der Waals surface area contributed by atoms with Crippen molar-refractivity contribution in [1.29, 1.82) is 0 Å². The van der Waals surface area contributed by atoms with E-state index in [0.717, 1.165) is 12.8 Å². The second kappa shape index (κ2) is 4.94. The Hall–Kier alpha value is -1.62. The van der Waals surface area contributed by atoms with Gasteiger partial charge in [0.1, 0.15) is 0 Å². The molecular weight excluding hydrogens is 230 g/mol. The third-order valence-corrected chi connectivity index (χ3v) is 3.09. The minimum absolute atomic E-state index is 0.114. The van der Waals surface area contributed by atoms with Crippen molar-refractivity contribution >= 4 is 11.6 Å². The third-order valence-electron chi connectivity index (χ3n) is 3.09. The number of nitrogens with two attached hydrogens (primary N) is 1. The number of carbonyl (C=O) groups excluding carboxylic acids is 1. The first kappa shape index (κ1) is 12.8. The molecule has 1 aliphatic rings. The van der Waals surface area contributed by atoms with Gasteiger partial charge >= 0.3 is 0 Å². The Morgan fingerprint density at radius 2 is 2.39 bits per heavy atom. The van der Waals surface area contributed by atoms with Gasteiger partial charge in [-0.2, -0.15) is 0 Å². The Morgan fingerprint density at radius 1 is 1.61 bits per heavy atom. The Balaban J connectivity index is 2.02. The molecule has 5 nitrogen and oxygen atoms in total. The average Bonchev–Trinajstić information content (AvgIpc) is 2.28. The van der Waals surface area contributed by atoms with E-state index in [-0.39, 0.29) is 17.6 Å². The molecule has 1 aliphatic heterocycles. The van der Waals surface area contributed by atoms with Crippen LogP contribution in [0.3, 0.4) is 0 Å². The normalized spacial score (nSPS) is 22.4. The molecule has 98 valence electrons. The number of aromatic nitrogens is 1. The molecular formula is C13H19N3O2. The lowest BCUT2D eigenvalue weighted by Gasteiger charge is -2.35. The zero-order valence-corrected chi connectivity index (χ0v) is 10.8. The summed E-state index contributed by atoms with van der Waals surface area (Å²) in [5.74, 6) is -0.212. The van der Waals surface area contributed by atoms with Crippen LogP contribution in [0.15, 0.2) is 18.3 Å². The van der Waals surface area contributed by atoms with E-state index in [9.17, 15) is 4.79 Å². The summed E-state index contributed by atoms with van der Waals surface area (Å²) in [6.45, 7) is 4.72. The highest BCUT2D eigenvalue weighted by Gasteiger charge is 2.30. The van der Waals surface area contributed by atoms with E-state index in [1.165, 1.54) is 0 Å². The van der Waals surface area contributed by atoms with Crippen LogP contribution in [0.1, 0.15) is 37.2 Å². The number of ether oxygens (including phenoxy) is 1. The second-order valence-electron chi connectivity index (χ2n) is 5.21. The standard InChI is InChI=1S/C13H19N3O2/c1-13(2)8-9(5-7-18-13)16-12(17)11-10(14)4-3-6-15-11/h3-4,6,9H,5,7-8,14H2,1-2H3,(H,16,17). The summed E-state index contributed by atoms with van der Waals surface area (Å²) >= 11 is 0. The van der Waals surface area contributed by atoms with Crippen LogP contribution in [0.2, 0.25) is 0 Å². The van der Waals surface area contributed by atoms with Crippen LogP contribution in [-0.4, -0.2) is 29.1 Å². The minimum atomic E-state index is -0.212. The molecule has 0 bridgehead atoms. The van der Waals surface area contributed by atoms with Gasteiger partial charge in [0.25, 0.3) is 5.91 Å². The number of hydrogen-bond donors (Lipinski definition) is 2. The molecule has 3 N–H and O–H groups in total. The topological polar surface area (TPSA) is 77.2 Å². The molecule has 1 amide bonds. The fourth-order valence-electron chi connectivity index (χ4n) is 2.22. The van der Waals surface area contributed by atoms with Crippen LogP contribution in [0.4, 0.5) is 5.69 Å². The van der Waals surface area contributed by atoms with Crippen LogP contribution in [-0.2, 0) is 4.74 Å². The predicted octanol–water partition coefficient (Wildman–Crippen LogP) is 1.35. The van der Waals surface area contributed by atoms with Gasteiger partial charge in [0, 0.05) is 18.8 Å². The number of nitrogen functional groups attached to an aromatic ring is 1. The van der Waals surface area contributed by atoms with E-state index >= 15 is 0 Å². The van der Waals surface area contributed by atoms with E-state index in [2.05, 4.69) is 10.3 Å². The highest BCUT2D eigenvalue weighted by molar-refractivity contribution is 5.97. The van der Waals surface area contributed by atoms with E-state index in [0.29, 0.717) is 18.0 Å². The Bertz CT molecular complexity index is 446. The molecule has 0 spiro atoms. The summed E-state index contributed by atoms with van der Waals surface area (Å²) in [6.07, 6.45) is 3.19. The van der Waals surface area contributed by atoms with Gasteiger partial charge in [-0.15, -0.1) is 0 Å². The van der Waals surface area contributed by atoms with Crippen LogP contribution >= 0.6 is 0 Å². The van der Waals surface area contributed by atoms with E-state index in [4.69, 9.17) is 10.5 Å². The van der Waals surface area contributed by atoms with Gasteiger partial charge in [-0.25, -0.2) is 4.98 Å². The van der Waals surface area contributed by atoms with Gasteiger partial charge in [-0.1, -0.05) is 0 Å². The molecule has 0 aromatic carbocycles. The number of hydrogen-bond acceptors (Lipinski definition) is 4. The SMILES string of the molecule is CC1(C)CC(NC(=O)c2ncccc2N)CCO1. The Morgan fingerprint density at radius 3 is 3.06 bits per heavy atom. The molecule has 5 heteroatoms. The molecule has 0 radical (unpaired) electrons. The zero-order chi connectivity index (χ0) is 13.2. The maximum absolute atomic E-state index is 12.1. The van der Waals surface area contributed by atoms with Crippen molar-refractivity contribution in [3.63, 3.8) is 0 Å². The number of carbonyl (C=O) groups is 1. The first-order chi connectivity index (χ1) is 8.48. The fraction of sp³-hybridized carbons (Fsp3) is 0.538. The predicted molar refractivity (Wildman–Crippen MR) is 69.2 cm³/mol. The van der Waals surface area contributed by atoms with Crippen LogP contribution in [0, 0.1) is 0 Å². The number of pyridine rings is 1. The largest absolute Gasteiger partial charge is 0.397 e. The van der Waals surface area contributed by atoms with Gasteiger partial charge in [0.2, 0.25) is 0 Å². The number of amides is 1. The monoisotopic (exact) mass is 249 g/mol. The van der Waals surface area contributed by atoms with Crippen molar-refractivity contribution in [2.45, 2.75) is 38.3 Å². The summed E-state index contributed by atoms with van der Waals surface area (Å²) in [4.78, 5) is 16.1. The molecule has 0 aliphatic carbocycles. The van der Waals surface area contributed by atoms with E-state index in [1.54, 1.807) is 18.3 Å². The fourth-order valence-corrected chi connectivity index (χ4v) is 2.22. The highest BCUT2D eigenvalue weighted by atomic mass is 16.5. The molecule has 1 atom stereocenters. The van der Waals surface area contributed by atoms with E-state index < -0.39 is 0 Å². The quantitative estimate of drug-likeness (QED) is 0.829. The molecule has 2 rings (SSSR count). The molecule has 1 unspecified atom stereocenters. The lowest BCUT2D eigenvalue weighted by Crippen LogP contribution is -2.46. The first-order valence-corrected chi connectivity index (χ1v) is 6.13. The minimum Gasteiger partial charge on any atom is -0.397 e. The van der Waals surface area contributed by atoms with Crippen molar-refractivity contribution in [3.8, 4) is 0 Å². The van der Waals surface area contributed by atoms with Crippen LogP contribution in [0.25, 0.3) is 0 Å². The third kappa shape index (κ3) is 2.98. The number of rotatable bonds is 2. The Kier molecular flexibility index (Phi) is 3.52. The molecule has 18 heavy (non-hydrogen) atoms. The smallest absolute Gasteiger partial charge is 0.272 e. The molecule has 2 heterocycles. The lowest BCUT2D eigenvalue weighted by molar-refractivity contribution is -0.0615. The zero-order valence-electron chi connectivity index (χ0n) is 10.8. The maximum atomic E-state index is 12.1. The number of anilines is 1. The number of nitrogens with one attached hydrogen (secondary N) is 1. The van der Waals surface area contributed by atoms with E-state index in [1.807, 2.05) is 13.8 Å². The van der Waals surface area contributed by atoms with Gasteiger partial charge < -0.3 is 15.8 Å². The van der Waals surface area contributed by atoms with Crippen molar-refractivity contribution < 1.29 is 9.53 Å². The van der Waals surface area contributed by atoms with Gasteiger partial charge in [0.15, 0.2) is 5.69 Å². The van der Waals surface area contributed by atoms with Crippen molar-refractivity contribution in [2.75, 3.05) is 12.3 Å². The summed E-state index contributed by atoms with van der Waals surface area (Å²) in [7, 11) is 0. The van der Waals surface area contributed by atoms with Crippen molar-refractivity contribution in [3.05, 3.63) is 24.0 Å². The van der Waals surface area contributed by atoms with Gasteiger partial charge in [-0.05, 0) is 38.8 Å². The van der Waals surface area contributed by atoms with Gasteiger partial charge in [-0.3, -0.25) is 4.79 Å². The van der Waals surface area contributed by atoms with Gasteiger partial charge in [0.05, 0.1) is 11.3 Å². The van der Waals surface area contributed by atoms with Crippen LogP contribution in [0.5, 0.6) is 0 Å². The molecule has 1 fully saturated rings. The Labute approximate surface area is 107 Å². The second-order valence-corrected chi connectivity index (χ2v) is 5.21. The first-order valence-electron chi connectivity index (χ1n) is 6.13. The van der Waals surface area contributed by atoms with Crippen molar-refractivity contribution in [2.24, 2.45) is 0 Å².